The van der Waals surface area contributed by atoms with Crippen LogP contribution in [0.25, 0.3) is 10.9 Å². The molecule has 4 nitrogen and oxygen atoms in total. The largest absolute Gasteiger partial charge is 0.433 e. The van der Waals surface area contributed by atoms with E-state index in [1.165, 1.54) is 4.90 Å². The second-order valence-electron chi connectivity index (χ2n) is 7.61. The third-order valence-electron chi connectivity index (χ3n) is 5.22. The predicted octanol–water partition coefficient (Wildman–Crippen LogP) is 3.45. The molecule has 132 valence electrons. The Hall–Kier alpha value is -2.15. The number of piperazine rings is 1. The van der Waals surface area contributed by atoms with Crippen LogP contribution in [0.3, 0.4) is 0 Å². The molecule has 3 heterocycles. The molecule has 0 saturated carbocycles. The Morgan fingerprint density at radius 1 is 1.12 bits per heavy atom. The van der Waals surface area contributed by atoms with Crippen LogP contribution in [0.15, 0.2) is 30.3 Å². The lowest BCUT2D eigenvalue weighted by atomic mass is 9.96. The molecule has 2 saturated heterocycles. The number of halogens is 3. The quantitative estimate of drug-likeness (QED) is 0.740. The van der Waals surface area contributed by atoms with E-state index in [1.807, 2.05) is 20.8 Å². The summed E-state index contributed by atoms with van der Waals surface area (Å²) in [4.78, 5) is 20.3. The second-order valence-corrected chi connectivity index (χ2v) is 7.61. The van der Waals surface area contributed by atoms with Gasteiger partial charge in [-0.15, -0.1) is 0 Å². The summed E-state index contributed by atoms with van der Waals surface area (Å²) in [6.07, 6.45) is -4.57. The molecule has 4 rings (SSSR count). The fourth-order valence-corrected chi connectivity index (χ4v) is 3.89. The van der Waals surface area contributed by atoms with Gasteiger partial charge in [-0.2, -0.15) is 13.2 Å². The van der Waals surface area contributed by atoms with Gasteiger partial charge in [0.2, 0.25) is 5.91 Å². The van der Waals surface area contributed by atoms with Gasteiger partial charge in [0, 0.05) is 24.0 Å². The molecule has 1 amide bonds. The number of alkyl halides is 3. The Morgan fingerprint density at radius 3 is 2.48 bits per heavy atom. The first-order valence-electron chi connectivity index (χ1n) is 8.11. The van der Waals surface area contributed by atoms with Crippen molar-refractivity contribution in [3.63, 3.8) is 0 Å². The number of para-hydroxylation sites is 1. The Labute approximate surface area is 143 Å². The van der Waals surface area contributed by atoms with Gasteiger partial charge in [-0.05, 0) is 32.9 Å². The molecular formula is C18H18F3N3O. The molecule has 2 aliphatic heterocycles. The van der Waals surface area contributed by atoms with Crippen LogP contribution in [-0.4, -0.2) is 40.0 Å². The monoisotopic (exact) mass is 349 g/mol. The fraction of sp³-hybridized carbons (Fsp3) is 0.444. The molecule has 0 spiro atoms. The number of pyridine rings is 1. The first kappa shape index (κ1) is 16.3. The summed E-state index contributed by atoms with van der Waals surface area (Å²) in [6.45, 7) is 6.83. The zero-order valence-electron chi connectivity index (χ0n) is 14.2. The van der Waals surface area contributed by atoms with Crippen molar-refractivity contribution >= 4 is 22.5 Å². The summed E-state index contributed by atoms with van der Waals surface area (Å²) in [5, 5.41) is 0.553. The van der Waals surface area contributed by atoms with Crippen molar-refractivity contribution in [2.45, 2.75) is 38.0 Å². The summed E-state index contributed by atoms with van der Waals surface area (Å²) in [7, 11) is 0. The van der Waals surface area contributed by atoms with Crippen LogP contribution >= 0.6 is 0 Å². The van der Waals surface area contributed by atoms with Crippen molar-refractivity contribution in [3.8, 4) is 0 Å². The van der Waals surface area contributed by atoms with E-state index in [0.29, 0.717) is 18.5 Å². The number of benzene rings is 1. The number of nitrogens with zero attached hydrogens (tertiary/aromatic N) is 3. The standard InChI is InChI=1S/C18H18F3N3O/c1-16(2)9-23(15(25)17(3)10-24(16)17)13-8-14(18(19,20)21)22-12-7-5-4-6-11(12)13/h4-8H,9-10H2,1-3H3/t17-,24?/m0/s1. The van der Waals surface area contributed by atoms with Crippen molar-refractivity contribution < 1.29 is 18.0 Å². The van der Waals surface area contributed by atoms with E-state index in [9.17, 15) is 18.0 Å². The van der Waals surface area contributed by atoms with E-state index in [1.54, 1.807) is 24.3 Å². The number of carbonyl (C=O) groups excluding carboxylic acids is 1. The third kappa shape index (κ3) is 2.33. The van der Waals surface area contributed by atoms with Crippen LogP contribution in [0, 0.1) is 0 Å². The topological polar surface area (TPSA) is 36.2 Å². The predicted molar refractivity (Wildman–Crippen MR) is 88.3 cm³/mol. The maximum absolute atomic E-state index is 13.3. The lowest BCUT2D eigenvalue weighted by molar-refractivity contribution is -0.141. The first-order valence-corrected chi connectivity index (χ1v) is 8.11. The minimum atomic E-state index is -4.57. The number of amides is 1. The van der Waals surface area contributed by atoms with E-state index < -0.39 is 17.4 Å². The van der Waals surface area contributed by atoms with E-state index in [2.05, 4.69) is 9.88 Å². The summed E-state index contributed by atoms with van der Waals surface area (Å²) in [5.41, 5.74) is -1.39. The highest BCUT2D eigenvalue weighted by Gasteiger charge is 2.65. The van der Waals surface area contributed by atoms with Gasteiger partial charge >= 0.3 is 6.18 Å². The molecule has 2 aromatic rings. The van der Waals surface area contributed by atoms with Gasteiger partial charge in [-0.25, -0.2) is 4.98 Å². The highest BCUT2D eigenvalue weighted by Crippen LogP contribution is 2.47. The van der Waals surface area contributed by atoms with Crippen LogP contribution in [0.1, 0.15) is 26.5 Å². The molecular weight excluding hydrogens is 331 g/mol. The van der Waals surface area contributed by atoms with Crippen LogP contribution in [0.2, 0.25) is 0 Å². The second kappa shape index (κ2) is 4.72. The zero-order chi connectivity index (χ0) is 18.2. The molecule has 25 heavy (non-hydrogen) atoms. The highest BCUT2D eigenvalue weighted by molar-refractivity contribution is 6.08. The minimum Gasteiger partial charge on any atom is -0.308 e. The molecule has 0 N–H and O–H groups in total. The minimum absolute atomic E-state index is 0.156. The lowest BCUT2D eigenvalue weighted by Crippen LogP contribution is -2.58. The normalized spacial score (nSPS) is 28.2. The van der Waals surface area contributed by atoms with Crippen LogP contribution in [0.5, 0.6) is 0 Å². The number of carbonyl (C=O) groups is 1. The van der Waals surface area contributed by atoms with Crippen molar-refractivity contribution in [1.82, 2.24) is 9.88 Å². The third-order valence-corrected chi connectivity index (χ3v) is 5.22. The Bertz CT molecular complexity index is 893. The van der Waals surface area contributed by atoms with Gasteiger partial charge in [0.1, 0.15) is 11.2 Å². The molecule has 1 aromatic heterocycles. The number of hydrogen-bond donors (Lipinski definition) is 0. The average Bonchev–Trinajstić information content (AvgIpc) is 3.25. The van der Waals surface area contributed by atoms with Crippen molar-refractivity contribution in [1.29, 1.82) is 0 Å². The summed E-state index contributed by atoms with van der Waals surface area (Å²) >= 11 is 0. The first-order chi connectivity index (χ1) is 11.5. The number of fused-ring (bicyclic) bond motifs is 2. The van der Waals surface area contributed by atoms with Gasteiger partial charge in [0.25, 0.3) is 0 Å². The molecule has 7 heteroatoms. The summed E-state index contributed by atoms with van der Waals surface area (Å²) < 4.78 is 39.9. The molecule has 1 aromatic carbocycles. The van der Waals surface area contributed by atoms with E-state index in [-0.39, 0.29) is 22.7 Å². The number of rotatable bonds is 1. The Morgan fingerprint density at radius 2 is 1.80 bits per heavy atom. The Balaban J connectivity index is 1.92. The number of hydrogen-bond acceptors (Lipinski definition) is 3. The summed E-state index contributed by atoms with van der Waals surface area (Å²) in [6, 6.07) is 7.63. The van der Waals surface area contributed by atoms with Crippen molar-refractivity contribution in [2.75, 3.05) is 18.0 Å². The van der Waals surface area contributed by atoms with Gasteiger partial charge in [0.05, 0.1) is 11.2 Å². The zero-order valence-corrected chi connectivity index (χ0v) is 14.2. The van der Waals surface area contributed by atoms with E-state index in [0.717, 1.165) is 6.07 Å². The smallest absolute Gasteiger partial charge is 0.308 e. The molecule has 0 bridgehead atoms. The van der Waals surface area contributed by atoms with Crippen molar-refractivity contribution in [2.24, 2.45) is 0 Å². The lowest BCUT2D eigenvalue weighted by Gasteiger charge is -2.42. The fourth-order valence-electron chi connectivity index (χ4n) is 3.89. The summed E-state index contributed by atoms with van der Waals surface area (Å²) in [5.74, 6) is -0.156. The highest BCUT2D eigenvalue weighted by atomic mass is 19.4. The maximum atomic E-state index is 13.3. The number of anilines is 1. The van der Waals surface area contributed by atoms with E-state index in [4.69, 9.17) is 0 Å². The number of aromatic nitrogens is 1. The maximum Gasteiger partial charge on any atom is 0.433 e. The van der Waals surface area contributed by atoms with E-state index >= 15 is 0 Å². The van der Waals surface area contributed by atoms with Crippen LogP contribution in [0.4, 0.5) is 18.9 Å². The SMILES string of the molecule is CC1(C)CN(c2cc(C(F)(F)F)nc3ccccc23)C(=O)[C@]2(C)CN12. The van der Waals surface area contributed by atoms with Gasteiger partial charge in [-0.3, -0.25) is 9.69 Å². The van der Waals surface area contributed by atoms with Crippen LogP contribution in [-0.2, 0) is 11.0 Å². The van der Waals surface area contributed by atoms with Crippen LogP contribution < -0.4 is 4.90 Å². The van der Waals surface area contributed by atoms with Gasteiger partial charge in [0.15, 0.2) is 0 Å². The van der Waals surface area contributed by atoms with Gasteiger partial charge in [-0.1, -0.05) is 18.2 Å². The molecule has 2 fully saturated rings. The van der Waals surface area contributed by atoms with Gasteiger partial charge < -0.3 is 4.90 Å². The molecule has 1 unspecified atom stereocenters. The Kier molecular flexibility index (Phi) is 3.08. The molecule has 2 aliphatic rings. The molecule has 0 aliphatic carbocycles. The average molecular weight is 349 g/mol. The molecule has 2 atom stereocenters. The molecule has 0 radical (unpaired) electrons. The van der Waals surface area contributed by atoms with Crippen molar-refractivity contribution in [3.05, 3.63) is 36.0 Å².